The van der Waals surface area contributed by atoms with Crippen LogP contribution in [0.3, 0.4) is 0 Å². The predicted octanol–water partition coefficient (Wildman–Crippen LogP) is 2.73. The van der Waals surface area contributed by atoms with Crippen molar-refractivity contribution < 1.29 is 4.74 Å². The second kappa shape index (κ2) is 7.59. The summed E-state index contributed by atoms with van der Waals surface area (Å²) in [6, 6.07) is 8.54. The standard InChI is InChI=1S/C17H25ClN2O/c18-15-6-4-14(5-7-15)10-16-13-21-17(11-19-16)12-20-8-2-1-3-9-20/h4-7,16-17,19H,1-3,8-13H2/t16-,17-/m0/s1. The number of morpholine rings is 1. The first-order chi connectivity index (χ1) is 10.3. The van der Waals surface area contributed by atoms with Crippen molar-refractivity contribution in [3.63, 3.8) is 0 Å². The van der Waals surface area contributed by atoms with Gasteiger partial charge in [0, 0.05) is 24.2 Å². The maximum atomic E-state index is 6.06. The Bertz CT molecular complexity index is 423. The Labute approximate surface area is 132 Å². The highest BCUT2D eigenvalue weighted by Gasteiger charge is 2.23. The molecule has 2 aliphatic heterocycles. The third kappa shape index (κ3) is 4.68. The van der Waals surface area contributed by atoms with Crippen molar-refractivity contribution in [2.45, 2.75) is 37.8 Å². The molecule has 0 bridgehead atoms. The summed E-state index contributed by atoms with van der Waals surface area (Å²) in [6.07, 6.45) is 5.44. The van der Waals surface area contributed by atoms with E-state index in [2.05, 4.69) is 22.3 Å². The van der Waals surface area contributed by atoms with Gasteiger partial charge in [-0.25, -0.2) is 0 Å². The fourth-order valence-corrected chi connectivity index (χ4v) is 3.38. The molecule has 0 aromatic heterocycles. The Hall–Kier alpha value is -0.610. The van der Waals surface area contributed by atoms with Crippen molar-refractivity contribution >= 4 is 11.6 Å². The van der Waals surface area contributed by atoms with Gasteiger partial charge in [0.1, 0.15) is 0 Å². The van der Waals surface area contributed by atoms with E-state index in [0.29, 0.717) is 12.1 Å². The Morgan fingerprint density at radius 2 is 1.90 bits per heavy atom. The van der Waals surface area contributed by atoms with E-state index in [1.807, 2.05) is 12.1 Å². The Morgan fingerprint density at radius 1 is 1.14 bits per heavy atom. The average molecular weight is 309 g/mol. The Balaban J connectivity index is 1.41. The van der Waals surface area contributed by atoms with Crippen molar-refractivity contribution in [2.24, 2.45) is 0 Å². The third-order valence-corrected chi connectivity index (χ3v) is 4.73. The summed E-state index contributed by atoms with van der Waals surface area (Å²) in [7, 11) is 0. The summed E-state index contributed by atoms with van der Waals surface area (Å²) in [4.78, 5) is 2.55. The number of nitrogens with zero attached hydrogens (tertiary/aromatic N) is 1. The first kappa shape index (κ1) is 15.3. The van der Waals surface area contributed by atoms with Gasteiger partial charge < -0.3 is 15.0 Å². The first-order valence-corrected chi connectivity index (χ1v) is 8.49. The number of nitrogens with one attached hydrogen (secondary N) is 1. The first-order valence-electron chi connectivity index (χ1n) is 8.11. The van der Waals surface area contributed by atoms with Crippen LogP contribution in [0.15, 0.2) is 24.3 Å². The molecule has 116 valence electrons. The van der Waals surface area contributed by atoms with Gasteiger partial charge >= 0.3 is 0 Å². The number of halogens is 1. The fourth-order valence-electron chi connectivity index (χ4n) is 3.25. The van der Waals surface area contributed by atoms with E-state index in [0.717, 1.165) is 31.1 Å². The molecule has 0 spiro atoms. The number of rotatable bonds is 4. The van der Waals surface area contributed by atoms with Gasteiger partial charge in [-0.1, -0.05) is 30.2 Å². The van der Waals surface area contributed by atoms with Gasteiger partial charge in [0.15, 0.2) is 0 Å². The lowest BCUT2D eigenvalue weighted by molar-refractivity contribution is -0.0172. The SMILES string of the molecule is Clc1ccc(C[C@H]2CO[C@H](CN3CCCCC3)CN2)cc1. The van der Waals surface area contributed by atoms with E-state index >= 15 is 0 Å². The molecule has 4 heteroatoms. The number of hydrogen-bond acceptors (Lipinski definition) is 3. The lowest BCUT2D eigenvalue weighted by atomic mass is 10.0. The molecule has 2 atom stereocenters. The Kier molecular flexibility index (Phi) is 5.53. The lowest BCUT2D eigenvalue weighted by Crippen LogP contribution is -2.51. The van der Waals surface area contributed by atoms with Crippen molar-refractivity contribution in [1.82, 2.24) is 10.2 Å². The van der Waals surface area contributed by atoms with Crippen molar-refractivity contribution in [3.05, 3.63) is 34.9 Å². The van der Waals surface area contributed by atoms with Gasteiger partial charge in [-0.05, 0) is 50.0 Å². The summed E-state index contributed by atoms with van der Waals surface area (Å²) < 4.78 is 6.06. The molecule has 21 heavy (non-hydrogen) atoms. The summed E-state index contributed by atoms with van der Waals surface area (Å²) in [5.74, 6) is 0. The summed E-state index contributed by atoms with van der Waals surface area (Å²) in [5, 5.41) is 4.44. The zero-order valence-corrected chi connectivity index (χ0v) is 13.3. The second-order valence-electron chi connectivity index (χ2n) is 6.25. The monoisotopic (exact) mass is 308 g/mol. The molecule has 1 aromatic rings. The molecule has 0 unspecified atom stereocenters. The highest BCUT2D eigenvalue weighted by molar-refractivity contribution is 6.30. The lowest BCUT2D eigenvalue weighted by Gasteiger charge is -2.35. The van der Waals surface area contributed by atoms with Crippen LogP contribution in [-0.2, 0) is 11.2 Å². The van der Waals surface area contributed by atoms with E-state index in [1.54, 1.807) is 0 Å². The minimum atomic E-state index is 0.351. The molecule has 2 fully saturated rings. The smallest absolute Gasteiger partial charge is 0.0826 e. The van der Waals surface area contributed by atoms with Crippen LogP contribution in [0.5, 0.6) is 0 Å². The summed E-state index contributed by atoms with van der Waals surface area (Å²) in [6.45, 7) is 5.35. The van der Waals surface area contributed by atoms with Crippen LogP contribution < -0.4 is 5.32 Å². The van der Waals surface area contributed by atoms with Gasteiger partial charge in [-0.2, -0.15) is 0 Å². The van der Waals surface area contributed by atoms with Crippen LogP contribution in [0, 0.1) is 0 Å². The molecule has 0 radical (unpaired) electrons. The summed E-state index contributed by atoms with van der Waals surface area (Å²) >= 11 is 5.92. The number of benzene rings is 1. The van der Waals surface area contributed by atoms with Crippen LogP contribution in [-0.4, -0.2) is 49.8 Å². The largest absolute Gasteiger partial charge is 0.374 e. The van der Waals surface area contributed by atoms with Crippen molar-refractivity contribution in [3.8, 4) is 0 Å². The molecular weight excluding hydrogens is 284 g/mol. The second-order valence-corrected chi connectivity index (χ2v) is 6.69. The average Bonchev–Trinajstić information content (AvgIpc) is 2.53. The zero-order valence-electron chi connectivity index (χ0n) is 12.6. The molecule has 0 aliphatic carbocycles. The third-order valence-electron chi connectivity index (χ3n) is 4.47. The fraction of sp³-hybridized carbons (Fsp3) is 0.647. The van der Waals surface area contributed by atoms with Gasteiger partial charge in [-0.3, -0.25) is 0 Å². The van der Waals surface area contributed by atoms with Crippen LogP contribution >= 0.6 is 11.6 Å². The van der Waals surface area contributed by atoms with Crippen LogP contribution in [0.25, 0.3) is 0 Å². The van der Waals surface area contributed by atoms with Gasteiger partial charge in [0.05, 0.1) is 12.7 Å². The van der Waals surface area contributed by atoms with E-state index < -0.39 is 0 Å². The molecule has 3 nitrogen and oxygen atoms in total. The summed E-state index contributed by atoms with van der Waals surface area (Å²) in [5.41, 5.74) is 1.31. The number of likely N-dealkylation sites (tertiary alicyclic amines) is 1. The maximum Gasteiger partial charge on any atom is 0.0826 e. The zero-order chi connectivity index (χ0) is 14.5. The van der Waals surface area contributed by atoms with E-state index in [9.17, 15) is 0 Å². The Morgan fingerprint density at radius 3 is 2.57 bits per heavy atom. The molecule has 2 heterocycles. The van der Waals surface area contributed by atoms with Crippen LogP contribution in [0.1, 0.15) is 24.8 Å². The number of hydrogen-bond donors (Lipinski definition) is 1. The van der Waals surface area contributed by atoms with Crippen LogP contribution in [0.2, 0.25) is 5.02 Å². The van der Waals surface area contributed by atoms with E-state index in [1.165, 1.54) is 37.9 Å². The van der Waals surface area contributed by atoms with Gasteiger partial charge in [-0.15, -0.1) is 0 Å². The normalized spacial score (nSPS) is 27.7. The maximum absolute atomic E-state index is 6.06. The quantitative estimate of drug-likeness (QED) is 0.925. The molecule has 3 rings (SSSR count). The molecule has 1 aromatic carbocycles. The number of piperidine rings is 1. The molecule has 2 aliphatic rings. The van der Waals surface area contributed by atoms with Gasteiger partial charge in [0.2, 0.25) is 0 Å². The molecule has 1 N–H and O–H groups in total. The van der Waals surface area contributed by atoms with Crippen molar-refractivity contribution in [2.75, 3.05) is 32.8 Å². The van der Waals surface area contributed by atoms with E-state index in [4.69, 9.17) is 16.3 Å². The van der Waals surface area contributed by atoms with Gasteiger partial charge in [0.25, 0.3) is 0 Å². The molecule has 0 amide bonds. The van der Waals surface area contributed by atoms with Crippen molar-refractivity contribution in [1.29, 1.82) is 0 Å². The minimum absolute atomic E-state index is 0.351. The van der Waals surface area contributed by atoms with Crippen LogP contribution in [0.4, 0.5) is 0 Å². The molecule has 0 saturated carbocycles. The highest BCUT2D eigenvalue weighted by Crippen LogP contribution is 2.14. The highest BCUT2D eigenvalue weighted by atomic mass is 35.5. The molecule has 2 saturated heterocycles. The predicted molar refractivity (Wildman–Crippen MR) is 87.0 cm³/mol. The molecular formula is C17H25ClN2O. The minimum Gasteiger partial charge on any atom is -0.374 e. The number of ether oxygens (including phenoxy) is 1. The van der Waals surface area contributed by atoms with E-state index in [-0.39, 0.29) is 0 Å². The topological polar surface area (TPSA) is 24.5 Å².